The highest BCUT2D eigenvalue weighted by Gasteiger charge is 2.21. The van der Waals surface area contributed by atoms with E-state index in [2.05, 4.69) is 10.3 Å². The fourth-order valence-electron chi connectivity index (χ4n) is 2.92. The molecule has 2 aromatic carbocycles. The molecule has 0 unspecified atom stereocenters. The minimum Gasteiger partial charge on any atom is -0.322 e. The molecule has 27 heavy (non-hydrogen) atoms. The third-order valence-electron chi connectivity index (χ3n) is 4.35. The van der Waals surface area contributed by atoms with Crippen LogP contribution in [0, 0.1) is 0 Å². The summed E-state index contributed by atoms with van der Waals surface area (Å²) in [6.45, 7) is 4.42. The highest BCUT2D eigenvalue weighted by molar-refractivity contribution is 7.89. The Bertz CT molecular complexity index is 1050. The zero-order chi connectivity index (χ0) is 19.4. The van der Waals surface area contributed by atoms with Gasteiger partial charge in [-0.05, 0) is 42.5 Å². The Balaban J connectivity index is 1.83. The molecule has 1 aromatic heterocycles. The molecule has 140 valence electrons. The number of hydrogen-bond acceptors (Lipinski definition) is 4. The molecule has 0 aliphatic rings. The SMILES string of the molecule is CCN(CC)S(=O)(=O)c1ccc(NC(=O)c2cccc3ncccc23)cc1. The summed E-state index contributed by atoms with van der Waals surface area (Å²) in [4.78, 5) is 17.1. The maximum Gasteiger partial charge on any atom is 0.256 e. The molecule has 0 radical (unpaired) electrons. The minimum atomic E-state index is -3.52. The first-order valence-electron chi connectivity index (χ1n) is 8.72. The summed E-state index contributed by atoms with van der Waals surface area (Å²) >= 11 is 0. The molecular weight excluding hydrogens is 362 g/mol. The molecule has 6 nitrogen and oxygen atoms in total. The minimum absolute atomic E-state index is 0.207. The second-order valence-electron chi connectivity index (χ2n) is 5.94. The molecule has 3 rings (SSSR count). The molecule has 0 spiro atoms. The van der Waals surface area contributed by atoms with E-state index in [1.807, 2.05) is 12.1 Å². The lowest BCUT2D eigenvalue weighted by atomic mass is 10.1. The van der Waals surface area contributed by atoms with Gasteiger partial charge in [0.2, 0.25) is 10.0 Å². The Hall–Kier alpha value is -2.77. The van der Waals surface area contributed by atoms with E-state index in [0.717, 1.165) is 10.9 Å². The number of rotatable bonds is 6. The maximum atomic E-state index is 12.6. The summed E-state index contributed by atoms with van der Waals surface area (Å²) in [5, 5.41) is 3.57. The first-order chi connectivity index (χ1) is 13.0. The number of anilines is 1. The van der Waals surface area contributed by atoms with Gasteiger partial charge in [0.1, 0.15) is 0 Å². The lowest BCUT2D eigenvalue weighted by molar-refractivity contribution is 0.102. The van der Waals surface area contributed by atoms with Gasteiger partial charge >= 0.3 is 0 Å². The number of hydrogen-bond donors (Lipinski definition) is 1. The van der Waals surface area contributed by atoms with Gasteiger partial charge in [-0.15, -0.1) is 0 Å². The molecule has 1 amide bonds. The molecule has 3 aromatic rings. The number of carbonyl (C=O) groups is 1. The maximum absolute atomic E-state index is 12.6. The first-order valence-corrected chi connectivity index (χ1v) is 10.2. The van der Waals surface area contributed by atoms with E-state index < -0.39 is 10.0 Å². The van der Waals surface area contributed by atoms with Crippen molar-refractivity contribution in [3.05, 3.63) is 66.4 Å². The van der Waals surface area contributed by atoms with E-state index in [1.54, 1.807) is 50.4 Å². The number of nitrogens with zero attached hydrogens (tertiary/aromatic N) is 2. The molecule has 7 heteroatoms. The Morgan fingerprint density at radius 2 is 1.70 bits per heavy atom. The molecule has 1 N–H and O–H groups in total. The largest absolute Gasteiger partial charge is 0.322 e. The van der Waals surface area contributed by atoms with Crippen LogP contribution in [0.2, 0.25) is 0 Å². The van der Waals surface area contributed by atoms with E-state index in [0.29, 0.717) is 24.3 Å². The van der Waals surface area contributed by atoms with Crippen LogP contribution in [0.15, 0.2) is 65.7 Å². The van der Waals surface area contributed by atoms with Crippen LogP contribution >= 0.6 is 0 Å². The molecule has 0 aliphatic carbocycles. The number of benzene rings is 2. The van der Waals surface area contributed by atoms with Crippen LogP contribution in [0.5, 0.6) is 0 Å². The highest BCUT2D eigenvalue weighted by atomic mass is 32.2. The molecule has 1 heterocycles. The average molecular weight is 383 g/mol. The number of carbonyl (C=O) groups excluding carboxylic acids is 1. The normalized spacial score (nSPS) is 11.7. The smallest absolute Gasteiger partial charge is 0.256 e. The van der Waals surface area contributed by atoms with E-state index in [1.165, 1.54) is 16.4 Å². The predicted octanol–water partition coefficient (Wildman–Crippen LogP) is 3.52. The van der Waals surface area contributed by atoms with Gasteiger partial charge in [-0.2, -0.15) is 4.31 Å². The highest BCUT2D eigenvalue weighted by Crippen LogP contribution is 2.21. The fourth-order valence-corrected chi connectivity index (χ4v) is 4.38. The Kier molecular flexibility index (Phi) is 5.53. The second kappa shape index (κ2) is 7.85. The van der Waals surface area contributed by atoms with Crippen molar-refractivity contribution < 1.29 is 13.2 Å². The quantitative estimate of drug-likeness (QED) is 0.706. The number of sulfonamides is 1. The van der Waals surface area contributed by atoms with Gasteiger partial charge in [0.15, 0.2) is 0 Å². The van der Waals surface area contributed by atoms with Crippen LogP contribution in [0.25, 0.3) is 10.9 Å². The third-order valence-corrected chi connectivity index (χ3v) is 6.41. The second-order valence-corrected chi connectivity index (χ2v) is 7.88. The molecule has 0 saturated heterocycles. The number of pyridine rings is 1. The fraction of sp³-hybridized carbons (Fsp3) is 0.200. The molecule has 0 atom stereocenters. The Labute approximate surface area is 158 Å². The summed E-state index contributed by atoms with van der Waals surface area (Å²) < 4.78 is 26.4. The van der Waals surface area contributed by atoms with Crippen molar-refractivity contribution >= 4 is 32.5 Å². The van der Waals surface area contributed by atoms with Crippen LogP contribution in [0.4, 0.5) is 5.69 Å². The van der Waals surface area contributed by atoms with Crippen molar-refractivity contribution in [3.63, 3.8) is 0 Å². The predicted molar refractivity (Wildman–Crippen MR) is 106 cm³/mol. The molecular formula is C20H21N3O3S. The summed E-state index contributed by atoms with van der Waals surface area (Å²) in [6.07, 6.45) is 1.68. The zero-order valence-electron chi connectivity index (χ0n) is 15.2. The monoisotopic (exact) mass is 383 g/mol. The van der Waals surface area contributed by atoms with Crippen LogP contribution in [0.1, 0.15) is 24.2 Å². The van der Waals surface area contributed by atoms with Crippen molar-refractivity contribution in [1.82, 2.24) is 9.29 Å². The van der Waals surface area contributed by atoms with E-state index in [4.69, 9.17) is 0 Å². The summed E-state index contributed by atoms with van der Waals surface area (Å²) in [7, 11) is -3.52. The summed E-state index contributed by atoms with van der Waals surface area (Å²) in [6, 6.07) is 15.2. The van der Waals surface area contributed by atoms with Gasteiger partial charge in [0.05, 0.1) is 10.4 Å². The first kappa shape index (κ1) is 19.0. The number of fused-ring (bicyclic) bond motifs is 1. The lowest BCUT2D eigenvalue weighted by Gasteiger charge is -2.18. The van der Waals surface area contributed by atoms with E-state index in [-0.39, 0.29) is 10.8 Å². The van der Waals surface area contributed by atoms with Crippen LogP contribution in [0.3, 0.4) is 0 Å². The van der Waals surface area contributed by atoms with Gasteiger partial charge in [0.25, 0.3) is 5.91 Å². The number of aromatic nitrogens is 1. The molecule has 0 saturated carbocycles. The van der Waals surface area contributed by atoms with E-state index in [9.17, 15) is 13.2 Å². The number of amides is 1. The molecule has 0 bridgehead atoms. The number of nitrogens with one attached hydrogen (secondary N) is 1. The molecule has 0 fully saturated rings. The van der Waals surface area contributed by atoms with Crippen molar-refractivity contribution in [2.45, 2.75) is 18.7 Å². The van der Waals surface area contributed by atoms with Gasteiger partial charge in [-0.25, -0.2) is 8.42 Å². The standard InChI is InChI=1S/C20H21N3O3S/c1-3-23(4-2)27(25,26)16-12-10-15(11-13-16)22-20(24)18-7-5-9-19-17(18)8-6-14-21-19/h5-14H,3-4H2,1-2H3,(H,22,24). The van der Waals surface area contributed by atoms with Gasteiger partial charge in [-0.3, -0.25) is 9.78 Å². The Morgan fingerprint density at radius 3 is 2.37 bits per heavy atom. The van der Waals surface area contributed by atoms with Crippen molar-refractivity contribution in [2.24, 2.45) is 0 Å². The van der Waals surface area contributed by atoms with Crippen LogP contribution in [-0.2, 0) is 10.0 Å². The van der Waals surface area contributed by atoms with Gasteiger partial charge in [0, 0.05) is 35.9 Å². The summed E-state index contributed by atoms with van der Waals surface area (Å²) in [5.74, 6) is -0.270. The van der Waals surface area contributed by atoms with Crippen molar-refractivity contribution in [1.29, 1.82) is 0 Å². The molecule has 0 aliphatic heterocycles. The van der Waals surface area contributed by atoms with Gasteiger partial charge < -0.3 is 5.32 Å². The lowest BCUT2D eigenvalue weighted by Crippen LogP contribution is -2.30. The topological polar surface area (TPSA) is 79.4 Å². The third kappa shape index (κ3) is 3.84. The Morgan fingerprint density at radius 1 is 1.00 bits per heavy atom. The zero-order valence-corrected chi connectivity index (χ0v) is 16.0. The van der Waals surface area contributed by atoms with Crippen LogP contribution < -0.4 is 5.32 Å². The van der Waals surface area contributed by atoms with E-state index >= 15 is 0 Å². The average Bonchev–Trinajstić information content (AvgIpc) is 2.68. The van der Waals surface area contributed by atoms with Crippen molar-refractivity contribution in [2.75, 3.05) is 18.4 Å². The summed E-state index contributed by atoms with van der Waals surface area (Å²) in [5.41, 5.74) is 1.78. The van der Waals surface area contributed by atoms with Crippen molar-refractivity contribution in [3.8, 4) is 0 Å². The van der Waals surface area contributed by atoms with Gasteiger partial charge in [-0.1, -0.05) is 26.0 Å². The van der Waals surface area contributed by atoms with Crippen LogP contribution in [-0.4, -0.2) is 36.7 Å².